The van der Waals surface area contributed by atoms with Crippen molar-refractivity contribution < 1.29 is 22.7 Å². The highest BCUT2D eigenvalue weighted by Gasteiger charge is 2.37. The molecule has 2 aromatic rings. The summed E-state index contributed by atoms with van der Waals surface area (Å²) < 4.78 is 45.2. The van der Waals surface area contributed by atoms with Crippen LogP contribution in [0.2, 0.25) is 0 Å². The lowest BCUT2D eigenvalue weighted by Crippen LogP contribution is -2.27. The van der Waals surface area contributed by atoms with Gasteiger partial charge in [0, 0.05) is 25.3 Å². The van der Waals surface area contributed by atoms with E-state index in [2.05, 4.69) is 15.4 Å². The Kier molecular flexibility index (Phi) is 3.97. The van der Waals surface area contributed by atoms with Crippen molar-refractivity contribution in [1.82, 2.24) is 19.9 Å². The Bertz CT molecular complexity index is 737. The highest BCUT2D eigenvalue weighted by Crippen LogP contribution is 2.41. The maximum atomic E-state index is 13.2. The van der Waals surface area contributed by atoms with Crippen LogP contribution in [0, 0.1) is 0 Å². The van der Waals surface area contributed by atoms with Crippen LogP contribution >= 0.6 is 0 Å². The van der Waals surface area contributed by atoms with Gasteiger partial charge < -0.3 is 10.1 Å². The lowest BCUT2D eigenvalue weighted by Gasteiger charge is -2.11. The third kappa shape index (κ3) is 3.14. The molecule has 0 unspecified atom stereocenters. The van der Waals surface area contributed by atoms with Gasteiger partial charge in [-0.3, -0.25) is 4.79 Å². The molecular weight excluding hydrogens is 313 g/mol. The van der Waals surface area contributed by atoms with Gasteiger partial charge >= 0.3 is 6.18 Å². The topological polar surface area (TPSA) is 68.5 Å². The highest BCUT2D eigenvalue weighted by molar-refractivity contribution is 5.99. The zero-order valence-electron chi connectivity index (χ0n) is 12.4. The first-order valence-electron chi connectivity index (χ1n) is 7.15. The molecule has 23 heavy (non-hydrogen) atoms. The van der Waals surface area contributed by atoms with E-state index in [4.69, 9.17) is 4.74 Å². The maximum Gasteiger partial charge on any atom is 0.433 e. The molecule has 0 aliphatic heterocycles. The number of fused-ring (bicyclic) bond motifs is 1. The fourth-order valence-corrected chi connectivity index (χ4v) is 2.29. The van der Waals surface area contributed by atoms with Crippen molar-refractivity contribution in [3.8, 4) is 0 Å². The average Bonchev–Trinajstić information content (AvgIpc) is 3.25. The standard InChI is InChI=1S/C14H15F3N4O2/c1-23-5-4-18-13(22)9-7-19-21-11(14(15,16)17)6-10(8-2-3-8)20-12(9)21/h6-8H,2-5H2,1H3,(H,18,22). The van der Waals surface area contributed by atoms with E-state index in [1.807, 2.05) is 0 Å². The molecule has 6 nitrogen and oxygen atoms in total. The van der Waals surface area contributed by atoms with E-state index in [1.165, 1.54) is 7.11 Å². The largest absolute Gasteiger partial charge is 0.433 e. The van der Waals surface area contributed by atoms with Crippen LogP contribution in [0.25, 0.3) is 5.65 Å². The second-order valence-corrected chi connectivity index (χ2v) is 5.38. The summed E-state index contributed by atoms with van der Waals surface area (Å²) in [5.74, 6) is -0.494. The summed E-state index contributed by atoms with van der Waals surface area (Å²) in [7, 11) is 1.49. The molecule has 0 saturated heterocycles. The molecule has 1 aliphatic rings. The van der Waals surface area contributed by atoms with Crippen molar-refractivity contribution in [2.45, 2.75) is 24.9 Å². The molecule has 2 heterocycles. The minimum Gasteiger partial charge on any atom is -0.383 e. The normalized spacial score (nSPS) is 15.1. The highest BCUT2D eigenvalue weighted by atomic mass is 19.4. The summed E-state index contributed by atoms with van der Waals surface area (Å²) in [6.07, 6.45) is -1.84. The first kappa shape index (κ1) is 15.7. The molecule has 1 N–H and O–H groups in total. The number of carbonyl (C=O) groups is 1. The molecule has 0 spiro atoms. The number of aromatic nitrogens is 3. The summed E-state index contributed by atoms with van der Waals surface area (Å²) in [4.78, 5) is 16.3. The molecule has 1 fully saturated rings. The summed E-state index contributed by atoms with van der Waals surface area (Å²) in [5, 5.41) is 6.26. The number of alkyl halides is 3. The van der Waals surface area contributed by atoms with Gasteiger partial charge in [-0.2, -0.15) is 18.3 Å². The van der Waals surface area contributed by atoms with E-state index >= 15 is 0 Å². The minimum absolute atomic E-state index is 0.0223. The van der Waals surface area contributed by atoms with E-state index in [9.17, 15) is 18.0 Å². The van der Waals surface area contributed by atoms with Crippen LogP contribution < -0.4 is 5.32 Å². The van der Waals surface area contributed by atoms with E-state index in [-0.39, 0.29) is 23.7 Å². The third-order valence-corrected chi connectivity index (χ3v) is 3.61. The monoisotopic (exact) mass is 328 g/mol. The van der Waals surface area contributed by atoms with Crippen molar-refractivity contribution in [1.29, 1.82) is 0 Å². The van der Waals surface area contributed by atoms with Crippen LogP contribution in [0.15, 0.2) is 12.3 Å². The van der Waals surface area contributed by atoms with Gasteiger partial charge in [-0.15, -0.1) is 0 Å². The third-order valence-electron chi connectivity index (χ3n) is 3.61. The van der Waals surface area contributed by atoms with Crippen molar-refractivity contribution in [3.05, 3.63) is 29.2 Å². The number of methoxy groups -OCH3 is 1. The average molecular weight is 328 g/mol. The molecule has 1 amide bonds. The van der Waals surface area contributed by atoms with Crippen molar-refractivity contribution >= 4 is 11.6 Å². The maximum absolute atomic E-state index is 13.2. The van der Waals surface area contributed by atoms with Gasteiger partial charge in [0.2, 0.25) is 0 Å². The molecule has 0 aromatic carbocycles. The number of hydrogen-bond acceptors (Lipinski definition) is 4. The smallest absolute Gasteiger partial charge is 0.383 e. The molecule has 9 heteroatoms. The number of hydrogen-bond donors (Lipinski definition) is 1. The number of rotatable bonds is 5. The molecule has 3 rings (SSSR count). The lowest BCUT2D eigenvalue weighted by molar-refractivity contribution is -0.142. The number of nitrogens with one attached hydrogen (secondary N) is 1. The summed E-state index contributed by atoms with van der Waals surface area (Å²) >= 11 is 0. The van der Waals surface area contributed by atoms with Gasteiger partial charge in [0.25, 0.3) is 5.91 Å². The summed E-state index contributed by atoms with van der Waals surface area (Å²) in [5.41, 5.74) is -0.609. The van der Waals surface area contributed by atoms with Gasteiger partial charge in [-0.25, -0.2) is 9.50 Å². The Balaban J connectivity index is 2.03. The van der Waals surface area contributed by atoms with E-state index in [1.54, 1.807) is 0 Å². The Morgan fingerprint density at radius 2 is 2.22 bits per heavy atom. The van der Waals surface area contributed by atoms with Crippen LogP contribution in [0.5, 0.6) is 0 Å². The molecule has 0 bridgehead atoms. The van der Waals surface area contributed by atoms with Gasteiger partial charge in [0.05, 0.1) is 12.8 Å². The zero-order chi connectivity index (χ0) is 16.6. The first-order chi connectivity index (χ1) is 10.9. The quantitative estimate of drug-likeness (QED) is 0.853. The van der Waals surface area contributed by atoms with Gasteiger partial charge in [-0.05, 0) is 18.9 Å². The van der Waals surface area contributed by atoms with Crippen molar-refractivity contribution in [2.24, 2.45) is 0 Å². The predicted octanol–water partition coefficient (Wildman–Crippen LogP) is 2.00. The Morgan fingerprint density at radius 3 is 2.83 bits per heavy atom. The van der Waals surface area contributed by atoms with E-state index in [0.717, 1.165) is 25.1 Å². The Hall–Kier alpha value is -2.16. The molecule has 0 atom stereocenters. The predicted molar refractivity (Wildman–Crippen MR) is 74.2 cm³/mol. The van der Waals surface area contributed by atoms with Crippen molar-refractivity contribution in [2.75, 3.05) is 20.3 Å². The fourth-order valence-electron chi connectivity index (χ4n) is 2.29. The van der Waals surface area contributed by atoms with Crippen LogP contribution in [-0.2, 0) is 10.9 Å². The first-order valence-corrected chi connectivity index (χ1v) is 7.15. The molecule has 0 radical (unpaired) electrons. The zero-order valence-corrected chi connectivity index (χ0v) is 12.4. The lowest BCUT2D eigenvalue weighted by atomic mass is 10.2. The van der Waals surface area contributed by atoms with Crippen molar-refractivity contribution in [3.63, 3.8) is 0 Å². The Morgan fingerprint density at radius 1 is 1.48 bits per heavy atom. The van der Waals surface area contributed by atoms with Gasteiger partial charge in [0.1, 0.15) is 11.3 Å². The SMILES string of the molecule is COCCNC(=O)c1cnn2c(C(F)(F)F)cc(C3CC3)nc12. The second kappa shape index (κ2) is 5.80. The molecule has 124 valence electrons. The summed E-state index contributed by atoms with van der Waals surface area (Å²) in [6, 6.07) is 1.02. The van der Waals surface area contributed by atoms with E-state index in [0.29, 0.717) is 16.8 Å². The molecule has 2 aromatic heterocycles. The Labute approximate surface area is 129 Å². The molecule has 1 aliphatic carbocycles. The number of ether oxygens (including phenoxy) is 1. The molecular formula is C14H15F3N4O2. The van der Waals surface area contributed by atoms with Crippen LogP contribution in [0.4, 0.5) is 13.2 Å². The number of amides is 1. The number of halogens is 3. The number of nitrogens with zero attached hydrogens (tertiary/aromatic N) is 3. The van der Waals surface area contributed by atoms with Crippen LogP contribution in [-0.4, -0.2) is 40.8 Å². The molecule has 1 saturated carbocycles. The number of carbonyl (C=O) groups excluding carboxylic acids is 1. The second-order valence-electron chi connectivity index (χ2n) is 5.38. The van der Waals surface area contributed by atoms with Gasteiger partial charge in [0.15, 0.2) is 5.65 Å². The van der Waals surface area contributed by atoms with E-state index < -0.39 is 17.8 Å². The van der Waals surface area contributed by atoms with Gasteiger partial charge in [-0.1, -0.05) is 0 Å². The fraction of sp³-hybridized carbons (Fsp3) is 0.500. The minimum atomic E-state index is -4.57. The van der Waals surface area contributed by atoms with Crippen LogP contribution in [0.3, 0.4) is 0 Å². The summed E-state index contributed by atoms with van der Waals surface area (Å²) in [6.45, 7) is 0.556. The van der Waals surface area contributed by atoms with Crippen LogP contribution in [0.1, 0.15) is 40.5 Å².